The van der Waals surface area contributed by atoms with Gasteiger partial charge >= 0.3 is 6.01 Å². The van der Waals surface area contributed by atoms with Crippen LogP contribution >= 0.6 is 0 Å². The van der Waals surface area contributed by atoms with Crippen LogP contribution in [0.15, 0.2) is 18.2 Å². The van der Waals surface area contributed by atoms with Crippen LogP contribution in [-0.2, 0) is 13.0 Å². The van der Waals surface area contributed by atoms with Crippen LogP contribution < -0.4 is 25.2 Å². The highest BCUT2D eigenvalue weighted by atomic mass is 16.5. The van der Waals surface area contributed by atoms with E-state index in [1.807, 2.05) is 12.1 Å². The summed E-state index contributed by atoms with van der Waals surface area (Å²) in [6, 6.07) is 8.46. The number of piperazine rings is 1. The predicted octanol–water partition coefficient (Wildman–Crippen LogP) is 1.09. The molecule has 38 heavy (non-hydrogen) atoms. The Hall–Kier alpha value is -3.75. The zero-order chi connectivity index (χ0) is 26.2. The average Bonchev–Trinajstić information content (AvgIpc) is 3.48. The van der Waals surface area contributed by atoms with Gasteiger partial charge in [-0.3, -0.25) is 14.9 Å². The van der Waals surface area contributed by atoms with Crippen molar-refractivity contribution in [2.24, 2.45) is 0 Å². The maximum atomic E-state index is 12.6. The van der Waals surface area contributed by atoms with Gasteiger partial charge in [-0.25, -0.2) is 0 Å². The predicted molar refractivity (Wildman–Crippen MR) is 140 cm³/mol. The Labute approximate surface area is 221 Å². The minimum atomic E-state index is -0.358. The van der Waals surface area contributed by atoms with Crippen LogP contribution in [0.3, 0.4) is 0 Å². The van der Waals surface area contributed by atoms with Crippen LogP contribution in [0.2, 0.25) is 0 Å². The number of imide groups is 1. The molecule has 0 unspecified atom stereocenters. The molecule has 4 aliphatic rings. The molecule has 5 heterocycles. The number of nitrogens with zero attached hydrogens (tertiary/aromatic N) is 6. The number of likely N-dealkylation sites (tertiary alicyclic amines) is 1. The van der Waals surface area contributed by atoms with Crippen molar-refractivity contribution in [3.8, 4) is 12.1 Å². The number of fused-ring (bicyclic) bond motifs is 2. The SMILES string of the molecule is CN1CCC[C@H]1COc1nc2c(c(N3CCN[C@@H](CC#N)C3)n1)CCN(c1cccc3c1C(=O)NC3=O)C2. The summed E-state index contributed by atoms with van der Waals surface area (Å²) in [7, 11) is 2.12. The van der Waals surface area contributed by atoms with E-state index in [-0.39, 0.29) is 17.9 Å². The van der Waals surface area contributed by atoms with Crippen molar-refractivity contribution in [1.29, 1.82) is 5.26 Å². The number of likely N-dealkylation sites (N-methyl/N-ethyl adjacent to an activating group) is 1. The fourth-order valence-corrected chi connectivity index (χ4v) is 6.01. The van der Waals surface area contributed by atoms with Crippen LogP contribution in [-0.4, -0.2) is 85.1 Å². The van der Waals surface area contributed by atoms with Gasteiger partial charge in [0.2, 0.25) is 0 Å². The van der Waals surface area contributed by atoms with E-state index in [0.717, 1.165) is 55.2 Å². The smallest absolute Gasteiger partial charge is 0.318 e. The first-order valence-electron chi connectivity index (χ1n) is 13.3. The number of carbonyl (C=O) groups excluding carboxylic acids is 2. The highest BCUT2D eigenvalue weighted by Gasteiger charge is 2.34. The summed E-state index contributed by atoms with van der Waals surface area (Å²) < 4.78 is 6.19. The summed E-state index contributed by atoms with van der Waals surface area (Å²) >= 11 is 0. The zero-order valence-corrected chi connectivity index (χ0v) is 21.6. The summed E-state index contributed by atoms with van der Waals surface area (Å²) in [4.78, 5) is 41.2. The molecule has 0 spiro atoms. The van der Waals surface area contributed by atoms with Crippen molar-refractivity contribution < 1.29 is 14.3 Å². The number of amides is 2. The normalized spacial score (nSPS) is 23.2. The second-order valence-corrected chi connectivity index (χ2v) is 10.5. The van der Waals surface area contributed by atoms with Crippen molar-refractivity contribution in [3.63, 3.8) is 0 Å². The molecule has 1 aromatic carbocycles. The third kappa shape index (κ3) is 4.54. The van der Waals surface area contributed by atoms with Gasteiger partial charge in [-0.2, -0.15) is 15.2 Å². The first-order chi connectivity index (χ1) is 18.5. The maximum absolute atomic E-state index is 12.6. The lowest BCUT2D eigenvalue weighted by molar-refractivity contribution is 0.0879. The molecule has 6 rings (SSSR count). The van der Waals surface area contributed by atoms with E-state index in [1.165, 1.54) is 0 Å². The van der Waals surface area contributed by atoms with Crippen molar-refractivity contribution in [1.82, 2.24) is 25.5 Å². The van der Waals surface area contributed by atoms with Crippen molar-refractivity contribution in [2.45, 2.75) is 44.3 Å². The van der Waals surface area contributed by atoms with Gasteiger partial charge < -0.3 is 24.8 Å². The topological polar surface area (TPSA) is 127 Å². The molecule has 198 valence electrons. The Bertz CT molecular complexity index is 1310. The highest BCUT2D eigenvalue weighted by Crippen LogP contribution is 2.34. The second-order valence-electron chi connectivity index (χ2n) is 10.5. The van der Waals surface area contributed by atoms with Gasteiger partial charge in [0, 0.05) is 43.8 Å². The van der Waals surface area contributed by atoms with Crippen LogP contribution in [0.25, 0.3) is 0 Å². The monoisotopic (exact) mass is 516 g/mol. The fraction of sp³-hybridized carbons (Fsp3) is 0.519. The van der Waals surface area contributed by atoms with E-state index in [2.05, 4.69) is 38.5 Å². The molecule has 2 saturated heterocycles. The molecule has 2 N–H and O–H groups in total. The van der Waals surface area contributed by atoms with E-state index in [9.17, 15) is 14.9 Å². The van der Waals surface area contributed by atoms with E-state index < -0.39 is 0 Å². The molecule has 0 aliphatic carbocycles. The number of anilines is 2. The minimum absolute atomic E-state index is 0.0823. The lowest BCUT2D eigenvalue weighted by Gasteiger charge is -2.37. The van der Waals surface area contributed by atoms with Crippen LogP contribution in [0, 0.1) is 11.3 Å². The summed E-state index contributed by atoms with van der Waals surface area (Å²) in [6.45, 7) is 5.01. The molecule has 2 amide bonds. The molecule has 2 fully saturated rings. The van der Waals surface area contributed by atoms with E-state index >= 15 is 0 Å². The molecule has 0 saturated carbocycles. The third-order valence-corrected chi connectivity index (χ3v) is 8.07. The van der Waals surface area contributed by atoms with Gasteiger partial charge in [-0.1, -0.05) is 6.07 Å². The number of nitriles is 1. The van der Waals surface area contributed by atoms with Gasteiger partial charge in [0.15, 0.2) is 0 Å². The Kier molecular flexibility index (Phi) is 6.59. The number of hydrogen-bond donors (Lipinski definition) is 2. The number of aromatic nitrogens is 2. The first kappa shape index (κ1) is 24.6. The fourth-order valence-electron chi connectivity index (χ4n) is 6.01. The number of ether oxygens (including phenoxy) is 1. The van der Waals surface area contributed by atoms with Crippen molar-refractivity contribution in [3.05, 3.63) is 40.6 Å². The molecule has 2 atom stereocenters. The lowest BCUT2D eigenvalue weighted by atomic mass is 10.0. The van der Waals surface area contributed by atoms with E-state index in [1.54, 1.807) is 6.07 Å². The summed E-state index contributed by atoms with van der Waals surface area (Å²) in [5.41, 5.74) is 3.53. The third-order valence-electron chi connectivity index (χ3n) is 8.07. The number of benzene rings is 1. The zero-order valence-electron chi connectivity index (χ0n) is 21.6. The Morgan fingerprint density at radius 3 is 2.87 bits per heavy atom. The molecule has 0 bridgehead atoms. The Morgan fingerprint density at radius 2 is 2.05 bits per heavy atom. The Morgan fingerprint density at radius 1 is 1.16 bits per heavy atom. The molecular weight excluding hydrogens is 484 g/mol. The highest BCUT2D eigenvalue weighted by molar-refractivity contribution is 6.23. The van der Waals surface area contributed by atoms with E-state index in [4.69, 9.17) is 14.7 Å². The lowest BCUT2D eigenvalue weighted by Crippen LogP contribution is -2.51. The van der Waals surface area contributed by atoms with Gasteiger partial charge in [-0.05, 0) is 45.0 Å². The molecule has 4 aliphatic heterocycles. The molecule has 0 radical (unpaired) electrons. The minimum Gasteiger partial charge on any atom is -0.462 e. The van der Waals surface area contributed by atoms with Gasteiger partial charge in [0.25, 0.3) is 11.8 Å². The number of hydrogen-bond acceptors (Lipinski definition) is 10. The van der Waals surface area contributed by atoms with E-state index in [0.29, 0.717) is 62.3 Å². The molecule has 11 heteroatoms. The number of rotatable bonds is 6. The maximum Gasteiger partial charge on any atom is 0.318 e. The van der Waals surface area contributed by atoms with Crippen molar-refractivity contribution >= 4 is 23.3 Å². The summed E-state index contributed by atoms with van der Waals surface area (Å²) in [6.07, 6.45) is 3.39. The van der Waals surface area contributed by atoms with Gasteiger partial charge in [-0.15, -0.1) is 0 Å². The standard InChI is InChI=1S/C27H32N8O3/c1-33-11-3-4-18(33)16-38-27-30-21-15-34(22-6-2-5-20-23(22)26(37)32-25(20)36)12-8-19(21)24(31-27)35-13-10-29-17(14-35)7-9-28/h2,5-6,17-18,29H,3-4,7-8,10-16H2,1H3,(H,32,36,37)/t17-,18-/m0/s1. The number of carbonyl (C=O) groups is 2. The Balaban J connectivity index is 1.32. The first-order valence-corrected chi connectivity index (χ1v) is 13.3. The van der Waals surface area contributed by atoms with Gasteiger partial charge in [0.05, 0.1) is 41.5 Å². The summed E-state index contributed by atoms with van der Waals surface area (Å²) in [5.74, 6) is 0.163. The number of nitrogens with one attached hydrogen (secondary N) is 2. The molecular formula is C27H32N8O3. The molecule has 1 aromatic heterocycles. The quantitative estimate of drug-likeness (QED) is 0.539. The van der Waals surface area contributed by atoms with Gasteiger partial charge in [0.1, 0.15) is 12.4 Å². The summed E-state index contributed by atoms with van der Waals surface area (Å²) in [5, 5.41) is 15.1. The molecule has 2 aromatic rings. The van der Waals surface area contributed by atoms with Crippen molar-refractivity contribution in [2.75, 3.05) is 56.2 Å². The van der Waals surface area contributed by atoms with Crippen LogP contribution in [0.4, 0.5) is 11.5 Å². The average molecular weight is 517 g/mol. The second kappa shape index (κ2) is 10.2. The van der Waals surface area contributed by atoms with Crippen LogP contribution in [0.5, 0.6) is 6.01 Å². The van der Waals surface area contributed by atoms with Crippen LogP contribution in [0.1, 0.15) is 51.2 Å². The largest absolute Gasteiger partial charge is 0.462 e. The molecule has 11 nitrogen and oxygen atoms in total.